The lowest BCUT2D eigenvalue weighted by Gasteiger charge is -2.06. The number of aliphatic hydroxyl groups excluding tert-OH is 1. The van der Waals surface area contributed by atoms with Gasteiger partial charge in [-0.05, 0) is 6.92 Å². The maximum absolute atomic E-state index is 11.0. The van der Waals surface area contributed by atoms with Gasteiger partial charge in [-0.1, -0.05) is 0 Å². The fraction of sp³-hybridized carbons (Fsp3) is 0.500. The van der Waals surface area contributed by atoms with E-state index < -0.39 is 12.1 Å². The molecule has 1 aromatic heterocycles. The molecule has 0 spiro atoms. The second-order valence-corrected chi connectivity index (χ2v) is 2.73. The second-order valence-electron chi connectivity index (χ2n) is 2.73. The maximum Gasteiger partial charge on any atom is 0.339 e. The first-order valence-electron chi connectivity index (χ1n) is 3.82. The van der Waals surface area contributed by atoms with Gasteiger partial charge in [0.25, 0.3) is 0 Å². The van der Waals surface area contributed by atoms with Crippen LogP contribution in [0.3, 0.4) is 0 Å². The molecule has 0 aliphatic heterocycles. The van der Waals surface area contributed by atoms with Gasteiger partial charge in [0.05, 0.1) is 13.3 Å². The molecular formula is C8H12N2O3. The third-order valence-electron chi connectivity index (χ3n) is 1.99. The number of carbonyl (C=O) groups excluding carboxylic acids is 1. The van der Waals surface area contributed by atoms with Gasteiger partial charge < -0.3 is 9.84 Å². The van der Waals surface area contributed by atoms with E-state index in [9.17, 15) is 9.90 Å². The van der Waals surface area contributed by atoms with Crippen LogP contribution in [0.1, 0.15) is 17.4 Å². The summed E-state index contributed by atoms with van der Waals surface area (Å²) in [6, 6.07) is 0. The minimum Gasteiger partial charge on any atom is -0.467 e. The van der Waals surface area contributed by atoms with Gasteiger partial charge in [-0.25, -0.2) is 4.79 Å². The molecule has 72 valence electrons. The second kappa shape index (κ2) is 3.57. The molecule has 0 saturated heterocycles. The average Bonchev–Trinajstić information content (AvgIpc) is 2.45. The Morgan fingerprint density at radius 3 is 2.77 bits per heavy atom. The van der Waals surface area contributed by atoms with Crippen LogP contribution in [0.5, 0.6) is 0 Å². The van der Waals surface area contributed by atoms with Gasteiger partial charge in [-0.15, -0.1) is 0 Å². The third kappa shape index (κ3) is 1.70. The summed E-state index contributed by atoms with van der Waals surface area (Å²) in [4.78, 5) is 11.0. The van der Waals surface area contributed by atoms with E-state index in [0.717, 1.165) is 5.69 Å². The summed E-state index contributed by atoms with van der Waals surface area (Å²) in [5.41, 5.74) is 1.23. The van der Waals surface area contributed by atoms with Gasteiger partial charge in [-0.3, -0.25) is 4.68 Å². The van der Waals surface area contributed by atoms with E-state index in [2.05, 4.69) is 9.84 Å². The normalized spacial score (nSPS) is 12.6. The first-order valence-corrected chi connectivity index (χ1v) is 3.82. The Morgan fingerprint density at radius 1 is 1.77 bits per heavy atom. The summed E-state index contributed by atoms with van der Waals surface area (Å²) < 4.78 is 5.99. The van der Waals surface area contributed by atoms with Crippen LogP contribution >= 0.6 is 0 Å². The van der Waals surface area contributed by atoms with E-state index in [1.54, 1.807) is 18.7 Å². The topological polar surface area (TPSA) is 64.3 Å². The van der Waals surface area contributed by atoms with Crippen molar-refractivity contribution >= 4 is 5.97 Å². The van der Waals surface area contributed by atoms with E-state index in [1.807, 2.05) is 0 Å². The molecule has 1 heterocycles. The maximum atomic E-state index is 11.0. The van der Waals surface area contributed by atoms with Crippen molar-refractivity contribution in [3.63, 3.8) is 0 Å². The lowest BCUT2D eigenvalue weighted by molar-refractivity contribution is -0.150. The summed E-state index contributed by atoms with van der Waals surface area (Å²) in [5.74, 6) is -0.670. The SMILES string of the molecule is COC(=O)C(O)c1cnn(C)c1C. The Labute approximate surface area is 75.9 Å². The monoisotopic (exact) mass is 184 g/mol. The molecule has 13 heavy (non-hydrogen) atoms. The zero-order chi connectivity index (χ0) is 10.0. The van der Waals surface area contributed by atoms with Crippen molar-refractivity contribution in [2.24, 2.45) is 7.05 Å². The van der Waals surface area contributed by atoms with E-state index in [-0.39, 0.29) is 0 Å². The van der Waals surface area contributed by atoms with E-state index >= 15 is 0 Å². The summed E-state index contributed by atoms with van der Waals surface area (Å²) in [7, 11) is 2.97. The highest BCUT2D eigenvalue weighted by Crippen LogP contribution is 2.17. The van der Waals surface area contributed by atoms with E-state index in [0.29, 0.717) is 5.56 Å². The van der Waals surface area contributed by atoms with Crippen LogP contribution in [0, 0.1) is 6.92 Å². The lowest BCUT2D eigenvalue weighted by atomic mass is 10.1. The molecule has 1 rings (SSSR count). The number of carbonyl (C=O) groups is 1. The molecule has 0 fully saturated rings. The molecule has 0 aliphatic carbocycles. The summed E-state index contributed by atoms with van der Waals surface area (Å²) in [6.45, 7) is 1.77. The summed E-state index contributed by atoms with van der Waals surface area (Å²) in [6.07, 6.45) is 0.218. The number of hydrogen-bond donors (Lipinski definition) is 1. The Morgan fingerprint density at radius 2 is 2.38 bits per heavy atom. The first-order chi connectivity index (χ1) is 6.07. The zero-order valence-electron chi connectivity index (χ0n) is 7.81. The minimum atomic E-state index is -1.24. The largest absolute Gasteiger partial charge is 0.467 e. The van der Waals surface area contributed by atoms with Gasteiger partial charge >= 0.3 is 5.97 Å². The van der Waals surface area contributed by atoms with Crippen molar-refractivity contribution < 1.29 is 14.6 Å². The standard InChI is InChI=1S/C8H12N2O3/c1-5-6(4-9-10(5)2)7(11)8(12)13-3/h4,7,11H,1-3H3. The van der Waals surface area contributed by atoms with Crippen LogP contribution in [0.15, 0.2) is 6.20 Å². The van der Waals surface area contributed by atoms with Crippen LogP contribution < -0.4 is 0 Å². The number of hydrogen-bond acceptors (Lipinski definition) is 4. The lowest BCUT2D eigenvalue weighted by Crippen LogP contribution is -2.14. The molecule has 5 nitrogen and oxygen atoms in total. The molecule has 0 saturated carbocycles. The Bertz CT molecular complexity index is 319. The van der Waals surface area contributed by atoms with Crippen molar-refractivity contribution in [3.8, 4) is 0 Å². The van der Waals surface area contributed by atoms with Gasteiger partial charge in [-0.2, -0.15) is 5.10 Å². The van der Waals surface area contributed by atoms with Crippen molar-refractivity contribution in [2.75, 3.05) is 7.11 Å². The molecule has 1 unspecified atom stereocenters. The van der Waals surface area contributed by atoms with E-state index in [4.69, 9.17) is 0 Å². The molecule has 5 heteroatoms. The smallest absolute Gasteiger partial charge is 0.339 e. The fourth-order valence-electron chi connectivity index (χ4n) is 1.02. The number of rotatable bonds is 2. The number of methoxy groups -OCH3 is 1. The van der Waals surface area contributed by atoms with Crippen molar-refractivity contribution in [1.82, 2.24) is 9.78 Å². The molecule has 0 aliphatic rings. The van der Waals surface area contributed by atoms with Crippen LogP contribution in [-0.4, -0.2) is 28.0 Å². The number of aryl methyl sites for hydroxylation is 1. The van der Waals surface area contributed by atoms with Gasteiger partial charge in [0, 0.05) is 18.3 Å². The molecule has 0 amide bonds. The molecule has 0 bridgehead atoms. The number of aromatic nitrogens is 2. The highest BCUT2D eigenvalue weighted by atomic mass is 16.5. The molecule has 1 atom stereocenters. The van der Waals surface area contributed by atoms with Crippen molar-refractivity contribution in [3.05, 3.63) is 17.5 Å². The number of esters is 1. The predicted molar refractivity (Wildman–Crippen MR) is 44.9 cm³/mol. The van der Waals surface area contributed by atoms with Crippen molar-refractivity contribution in [2.45, 2.75) is 13.0 Å². The third-order valence-corrected chi connectivity index (χ3v) is 1.99. The van der Waals surface area contributed by atoms with Crippen LogP contribution in [0.2, 0.25) is 0 Å². The van der Waals surface area contributed by atoms with Crippen LogP contribution in [0.25, 0.3) is 0 Å². The van der Waals surface area contributed by atoms with Crippen LogP contribution in [-0.2, 0) is 16.6 Å². The zero-order valence-corrected chi connectivity index (χ0v) is 7.81. The average molecular weight is 184 g/mol. The Hall–Kier alpha value is -1.36. The highest BCUT2D eigenvalue weighted by Gasteiger charge is 2.21. The quantitative estimate of drug-likeness (QED) is 0.654. The van der Waals surface area contributed by atoms with Gasteiger partial charge in [0.15, 0.2) is 6.10 Å². The fourth-order valence-corrected chi connectivity index (χ4v) is 1.02. The molecule has 1 aromatic rings. The minimum absolute atomic E-state index is 0.481. The molecular weight excluding hydrogens is 172 g/mol. The molecule has 0 aromatic carbocycles. The highest BCUT2D eigenvalue weighted by molar-refractivity contribution is 5.76. The first kappa shape index (κ1) is 9.73. The van der Waals surface area contributed by atoms with E-state index in [1.165, 1.54) is 13.3 Å². The van der Waals surface area contributed by atoms with Crippen molar-refractivity contribution in [1.29, 1.82) is 0 Å². The summed E-state index contributed by atoms with van der Waals surface area (Å²) >= 11 is 0. The number of aliphatic hydroxyl groups is 1. The summed E-state index contributed by atoms with van der Waals surface area (Å²) in [5, 5.41) is 13.4. The van der Waals surface area contributed by atoms with Crippen LogP contribution in [0.4, 0.5) is 0 Å². The predicted octanol–water partition coefficient (Wildman–Crippen LogP) is -0.0651. The molecule has 1 N–H and O–H groups in total. The Kier molecular flexibility index (Phi) is 2.67. The van der Waals surface area contributed by atoms with Gasteiger partial charge in [0.1, 0.15) is 0 Å². The number of ether oxygens (including phenoxy) is 1. The van der Waals surface area contributed by atoms with Gasteiger partial charge in [0.2, 0.25) is 0 Å². The Balaban J connectivity index is 2.95. The number of nitrogens with zero attached hydrogens (tertiary/aromatic N) is 2. The molecule has 0 radical (unpaired) electrons.